The van der Waals surface area contributed by atoms with Gasteiger partial charge in [-0.25, -0.2) is 4.39 Å². The largest absolute Gasteiger partial charge is 0.337 e. The molecule has 0 aliphatic carbocycles. The number of rotatable bonds is 4. The molecule has 0 unspecified atom stereocenters. The summed E-state index contributed by atoms with van der Waals surface area (Å²) in [6, 6.07) is 14.5. The van der Waals surface area contributed by atoms with Crippen molar-refractivity contribution in [2.24, 2.45) is 0 Å². The van der Waals surface area contributed by atoms with E-state index in [0.29, 0.717) is 24.5 Å². The number of likely N-dealkylation sites (tertiary alicyclic amines) is 2. The van der Waals surface area contributed by atoms with Gasteiger partial charge in [0.1, 0.15) is 5.82 Å². The van der Waals surface area contributed by atoms with E-state index in [1.54, 1.807) is 6.07 Å². The number of carbonyl (C=O) groups is 2. The van der Waals surface area contributed by atoms with Crippen molar-refractivity contribution >= 4 is 33.2 Å². The Morgan fingerprint density at radius 3 is 2.52 bits per heavy atom. The molecule has 160 valence electrons. The zero-order chi connectivity index (χ0) is 21.5. The fourth-order valence-electron chi connectivity index (χ4n) is 4.47. The van der Waals surface area contributed by atoms with Crippen LogP contribution in [0.4, 0.5) is 4.39 Å². The molecule has 7 heteroatoms. The van der Waals surface area contributed by atoms with Gasteiger partial charge in [-0.15, -0.1) is 11.3 Å². The second-order valence-electron chi connectivity index (χ2n) is 8.37. The maximum absolute atomic E-state index is 13.5. The van der Waals surface area contributed by atoms with E-state index in [2.05, 4.69) is 5.32 Å². The lowest BCUT2D eigenvalue weighted by molar-refractivity contribution is 0.0557. The third-order valence-corrected chi connectivity index (χ3v) is 7.47. The van der Waals surface area contributed by atoms with Crippen molar-refractivity contribution in [3.8, 4) is 0 Å². The molecule has 0 saturated carbocycles. The number of thiophene rings is 1. The van der Waals surface area contributed by atoms with Crippen molar-refractivity contribution in [2.45, 2.75) is 25.4 Å². The molecule has 1 N–H and O–H groups in total. The maximum Gasteiger partial charge on any atom is 0.264 e. The van der Waals surface area contributed by atoms with E-state index in [0.717, 1.165) is 34.2 Å². The SMILES string of the molecule is Cc1c(C(=O)N2CC(N[C@H]3CCN(C(=O)c4ccccc4)C3)C2)sc2cc(F)ccc12. The standard InChI is InChI=1S/C24H24FN3O2S/c1-15-20-8-7-17(25)11-21(20)31-22(15)24(30)28-13-19(14-28)26-18-9-10-27(12-18)23(29)16-5-3-2-4-6-16/h2-8,11,18-19,26H,9-10,12-14H2,1H3/t18-/m0/s1. The quantitative estimate of drug-likeness (QED) is 0.678. The molecule has 1 aromatic heterocycles. The molecule has 2 aliphatic heterocycles. The summed E-state index contributed by atoms with van der Waals surface area (Å²) in [5, 5.41) is 4.55. The lowest BCUT2D eigenvalue weighted by atomic mass is 10.1. The second-order valence-corrected chi connectivity index (χ2v) is 9.43. The smallest absolute Gasteiger partial charge is 0.264 e. The van der Waals surface area contributed by atoms with Crippen LogP contribution >= 0.6 is 11.3 Å². The van der Waals surface area contributed by atoms with Gasteiger partial charge in [-0.3, -0.25) is 9.59 Å². The zero-order valence-electron chi connectivity index (χ0n) is 17.3. The van der Waals surface area contributed by atoms with Gasteiger partial charge in [0.2, 0.25) is 0 Å². The van der Waals surface area contributed by atoms with Crippen molar-refractivity contribution in [1.29, 1.82) is 0 Å². The third-order valence-electron chi connectivity index (χ3n) is 6.23. The van der Waals surface area contributed by atoms with E-state index < -0.39 is 0 Å². The second kappa shape index (κ2) is 8.05. The normalized spacial score (nSPS) is 19.1. The van der Waals surface area contributed by atoms with E-state index in [-0.39, 0.29) is 29.7 Å². The van der Waals surface area contributed by atoms with Crippen molar-refractivity contribution < 1.29 is 14.0 Å². The fourth-order valence-corrected chi connectivity index (χ4v) is 5.68. The average molecular weight is 438 g/mol. The van der Waals surface area contributed by atoms with Gasteiger partial charge in [0.05, 0.1) is 4.88 Å². The highest BCUT2D eigenvalue weighted by molar-refractivity contribution is 7.21. The lowest BCUT2D eigenvalue weighted by Crippen LogP contribution is -2.62. The van der Waals surface area contributed by atoms with Gasteiger partial charge in [-0.1, -0.05) is 24.3 Å². The number of nitrogens with zero attached hydrogens (tertiary/aromatic N) is 2. The van der Waals surface area contributed by atoms with E-state index in [1.165, 1.54) is 23.5 Å². The molecule has 2 aliphatic rings. The molecule has 31 heavy (non-hydrogen) atoms. The summed E-state index contributed by atoms with van der Waals surface area (Å²) < 4.78 is 14.3. The summed E-state index contributed by atoms with van der Waals surface area (Å²) in [5.74, 6) is -0.186. The summed E-state index contributed by atoms with van der Waals surface area (Å²) in [5.41, 5.74) is 1.65. The lowest BCUT2D eigenvalue weighted by Gasteiger charge is -2.41. The molecule has 5 rings (SSSR count). The Bertz CT molecular complexity index is 1140. The number of amides is 2. The van der Waals surface area contributed by atoms with E-state index in [9.17, 15) is 14.0 Å². The molecule has 2 aromatic carbocycles. The molecule has 0 radical (unpaired) electrons. The van der Waals surface area contributed by atoms with Crippen LogP contribution in [0.15, 0.2) is 48.5 Å². The molecule has 3 heterocycles. The van der Waals surface area contributed by atoms with Crippen LogP contribution in [0.1, 0.15) is 32.0 Å². The van der Waals surface area contributed by atoms with Gasteiger partial charge < -0.3 is 15.1 Å². The van der Waals surface area contributed by atoms with Gasteiger partial charge in [-0.05, 0) is 48.6 Å². The molecule has 3 aromatic rings. The molecule has 1 atom stereocenters. The van der Waals surface area contributed by atoms with Crippen LogP contribution in [0.3, 0.4) is 0 Å². The summed E-state index contributed by atoms with van der Waals surface area (Å²) in [6.45, 7) is 4.68. The summed E-state index contributed by atoms with van der Waals surface area (Å²) in [7, 11) is 0. The Morgan fingerprint density at radius 1 is 1.00 bits per heavy atom. The predicted molar refractivity (Wildman–Crippen MR) is 120 cm³/mol. The van der Waals surface area contributed by atoms with Gasteiger partial charge in [0, 0.05) is 48.5 Å². The molecule has 0 spiro atoms. The highest BCUT2D eigenvalue weighted by Crippen LogP contribution is 2.33. The van der Waals surface area contributed by atoms with Crippen molar-refractivity contribution in [3.05, 3.63) is 70.4 Å². The fraction of sp³-hybridized carbons (Fsp3) is 0.333. The Morgan fingerprint density at radius 2 is 1.74 bits per heavy atom. The van der Waals surface area contributed by atoms with Crippen LogP contribution in [0.5, 0.6) is 0 Å². The number of benzene rings is 2. The first-order valence-electron chi connectivity index (χ1n) is 10.6. The van der Waals surface area contributed by atoms with Crippen LogP contribution in [0.2, 0.25) is 0 Å². The van der Waals surface area contributed by atoms with Gasteiger partial charge >= 0.3 is 0 Å². The molecular weight excluding hydrogens is 413 g/mol. The number of hydrogen-bond donors (Lipinski definition) is 1. The topological polar surface area (TPSA) is 52.7 Å². The van der Waals surface area contributed by atoms with Crippen molar-refractivity contribution in [1.82, 2.24) is 15.1 Å². The highest BCUT2D eigenvalue weighted by Gasteiger charge is 2.36. The number of carbonyl (C=O) groups excluding carboxylic acids is 2. The Balaban J connectivity index is 1.15. The molecule has 5 nitrogen and oxygen atoms in total. The van der Waals surface area contributed by atoms with E-state index >= 15 is 0 Å². The molecule has 2 amide bonds. The van der Waals surface area contributed by atoms with Crippen LogP contribution in [0.25, 0.3) is 10.1 Å². The monoisotopic (exact) mass is 437 g/mol. The number of aryl methyl sites for hydroxylation is 1. The van der Waals surface area contributed by atoms with Crippen molar-refractivity contribution in [2.75, 3.05) is 26.2 Å². The molecule has 2 fully saturated rings. The minimum atomic E-state index is -0.280. The minimum Gasteiger partial charge on any atom is -0.337 e. The Kier molecular flexibility index (Phi) is 5.24. The summed E-state index contributed by atoms with van der Waals surface area (Å²) >= 11 is 1.36. The first kappa shape index (κ1) is 20.2. The van der Waals surface area contributed by atoms with Crippen LogP contribution < -0.4 is 5.32 Å². The summed E-state index contributed by atoms with van der Waals surface area (Å²) in [4.78, 5) is 30.0. The zero-order valence-corrected chi connectivity index (χ0v) is 18.1. The van der Waals surface area contributed by atoms with Gasteiger partial charge in [0.25, 0.3) is 11.8 Å². The molecular formula is C24H24FN3O2S. The summed E-state index contributed by atoms with van der Waals surface area (Å²) in [6.07, 6.45) is 0.921. The van der Waals surface area contributed by atoms with Gasteiger partial charge in [-0.2, -0.15) is 0 Å². The predicted octanol–water partition coefficient (Wildman–Crippen LogP) is 3.68. The van der Waals surface area contributed by atoms with E-state index in [1.807, 2.05) is 47.1 Å². The number of fused-ring (bicyclic) bond motifs is 1. The number of hydrogen-bond acceptors (Lipinski definition) is 4. The third kappa shape index (κ3) is 3.83. The number of halogens is 1. The van der Waals surface area contributed by atoms with Gasteiger partial charge in [0.15, 0.2) is 0 Å². The highest BCUT2D eigenvalue weighted by atomic mass is 32.1. The molecule has 0 bridgehead atoms. The Hall–Kier alpha value is -2.77. The van der Waals surface area contributed by atoms with Crippen LogP contribution in [-0.4, -0.2) is 59.9 Å². The first-order valence-corrected chi connectivity index (χ1v) is 11.4. The average Bonchev–Trinajstić information content (AvgIpc) is 3.34. The minimum absolute atomic E-state index is 0.0180. The van der Waals surface area contributed by atoms with Crippen LogP contribution in [-0.2, 0) is 0 Å². The molecule has 2 saturated heterocycles. The maximum atomic E-state index is 13.5. The first-order chi connectivity index (χ1) is 15.0. The Labute approximate surface area is 184 Å². The van der Waals surface area contributed by atoms with E-state index in [4.69, 9.17) is 0 Å². The van der Waals surface area contributed by atoms with Crippen LogP contribution in [0, 0.1) is 12.7 Å². The number of nitrogens with one attached hydrogen (secondary N) is 1. The van der Waals surface area contributed by atoms with Crippen molar-refractivity contribution in [3.63, 3.8) is 0 Å².